The summed E-state index contributed by atoms with van der Waals surface area (Å²) in [6.07, 6.45) is 3.93. The molecule has 0 bridgehead atoms. The minimum Gasteiger partial charge on any atom is -0.497 e. The van der Waals surface area contributed by atoms with Gasteiger partial charge in [-0.2, -0.15) is 9.61 Å². The molecule has 34 heavy (non-hydrogen) atoms. The van der Waals surface area contributed by atoms with Crippen molar-refractivity contribution >= 4 is 33.1 Å². The molecule has 1 saturated heterocycles. The van der Waals surface area contributed by atoms with Crippen LogP contribution in [0.2, 0.25) is 0 Å². The number of aryl methyl sites for hydroxylation is 1. The SMILES string of the molecule is COc1ccc(Cn2c(=O)n3ncnc3c3c4c(sc32)CN(C(=O)C2CCOC2)CCC4)cc1. The Balaban J connectivity index is 1.45. The summed E-state index contributed by atoms with van der Waals surface area (Å²) in [7, 11) is 1.63. The fourth-order valence-electron chi connectivity index (χ4n) is 4.99. The highest BCUT2D eigenvalue weighted by atomic mass is 32.1. The molecule has 1 unspecified atom stereocenters. The zero-order valence-electron chi connectivity index (χ0n) is 18.9. The monoisotopic (exact) mass is 479 g/mol. The van der Waals surface area contributed by atoms with Crippen LogP contribution in [0, 0.1) is 5.92 Å². The van der Waals surface area contributed by atoms with Crippen LogP contribution in [0.15, 0.2) is 35.4 Å². The summed E-state index contributed by atoms with van der Waals surface area (Å²) < 4.78 is 13.9. The third-order valence-corrected chi connectivity index (χ3v) is 8.02. The third kappa shape index (κ3) is 3.48. The number of nitrogens with zero attached hydrogens (tertiary/aromatic N) is 5. The summed E-state index contributed by atoms with van der Waals surface area (Å²) >= 11 is 1.59. The first-order valence-electron chi connectivity index (χ1n) is 11.5. The van der Waals surface area contributed by atoms with E-state index in [-0.39, 0.29) is 17.5 Å². The highest BCUT2D eigenvalue weighted by Gasteiger charge is 2.31. The van der Waals surface area contributed by atoms with Crippen molar-refractivity contribution in [2.24, 2.45) is 5.92 Å². The van der Waals surface area contributed by atoms with Gasteiger partial charge >= 0.3 is 5.69 Å². The van der Waals surface area contributed by atoms with Crippen LogP contribution in [0.25, 0.3) is 15.9 Å². The summed E-state index contributed by atoms with van der Waals surface area (Å²) in [4.78, 5) is 34.9. The Morgan fingerprint density at radius 3 is 2.91 bits per heavy atom. The van der Waals surface area contributed by atoms with Gasteiger partial charge < -0.3 is 14.4 Å². The van der Waals surface area contributed by atoms with E-state index in [0.717, 1.165) is 52.2 Å². The van der Waals surface area contributed by atoms with E-state index in [2.05, 4.69) is 10.1 Å². The van der Waals surface area contributed by atoms with Gasteiger partial charge in [-0.3, -0.25) is 9.36 Å². The van der Waals surface area contributed by atoms with Crippen LogP contribution >= 0.6 is 11.3 Å². The van der Waals surface area contributed by atoms with E-state index in [1.165, 1.54) is 16.4 Å². The number of carbonyl (C=O) groups excluding carboxylic acids is 1. The fourth-order valence-corrected chi connectivity index (χ4v) is 6.34. The van der Waals surface area contributed by atoms with Gasteiger partial charge in [0.25, 0.3) is 0 Å². The van der Waals surface area contributed by atoms with Crippen LogP contribution in [0.1, 0.15) is 28.8 Å². The van der Waals surface area contributed by atoms with E-state index in [9.17, 15) is 9.59 Å². The molecule has 3 aromatic heterocycles. The van der Waals surface area contributed by atoms with Gasteiger partial charge in [-0.1, -0.05) is 12.1 Å². The molecule has 9 nitrogen and oxygen atoms in total. The topological polar surface area (TPSA) is 91.0 Å². The molecule has 176 valence electrons. The molecule has 0 aliphatic carbocycles. The predicted octanol–water partition coefficient (Wildman–Crippen LogP) is 2.47. The summed E-state index contributed by atoms with van der Waals surface area (Å²) in [6.45, 7) is 2.86. The Morgan fingerprint density at radius 2 is 2.15 bits per heavy atom. The summed E-state index contributed by atoms with van der Waals surface area (Å²) in [5.74, 6) is 0.895. The van der Waals surface area contributed by atoms with Gasteiger partial charge in [-0.05, 0) is 42.5 Å². The van der Waals surface area contributed by atoms with Crippen molar-refractivity contribution in [1.82, 2.24) is 24.1 Å². The van der Waals surface area contributed by atoms with Crippen molar-refractivity contribution in [3.63, 3.8) is 0 Å². The molecule has 0 spiro atoms. The van der Waals surface area contributed by atoms with Crippen LogP contribution in [0.4, 0.5) is 0 Å². The Kier molecular flexibility index (Phi) is 5.34. The first-order chi connectivity index (χ1) is 16.6. The lowest BCUT2D eigenvalue weighted by atomic mass is 10.1. The molecule has 1 atom stereocenters. The second-order valence-electron chi connectivity index (χ2n) is 8.82. The fraction of sp³-hybridized carbons (Fsp3) is 0.417. The quantitative estimate of drug-likeness (QED) is 0.447. The number of methoxy groups -OCH3 is 1. The van der Waals surface area contributed by atoms with Gasteiger partial charge in [0.15, 0.2) is 5.65 Å². The summed E-state index contributed by atoms with van der Waals surface area (Å²) in [5, 5.41) is 5.20. The molecule has 1 aromatic carbocycles. The first kappa shape index (κ1) is 21.3. The van der Waals surface area contributed by atoms with Gasteiger partial charge in [-0.15, -0.1) is 11.3 Å². The van der Waals surface area contributed by atoms with Gasteiger partial charge in [-0.25, -0.2) is 9.78 Å². The van der Waals surface area contributed by atoms with Crippen molar-refractivity contribution in [3.05, 3.63) is 57.1 Å². The molecule has 1 fully saturated rings. The average Bonchev–Trinajstić information content (AvgIpc) is 3.59. The van der Waals surface area contributed by atoms with Crippen molar-refractivity contribution in [2.75, 3.05) is 26.9 Å². The number of hydrogen-bond donors (Lipinski definition) is 0. The van der Waals surface area contributed by atoms with E-state index in [0.29, 0.717) is 32.0 Å². The van der Waals surface area contributed by atoms with E-state index in [1.807, 2.05) is 29.2 Å². The van der Waals surface area contributed by atoms with Crippen LogP contribution in [-0.4, -0.2) is 56.8 Å². The van der Waals surface area contributed by atoms with E-state index >= 15 is 0 Å². The highest BCUT2D eigenvalue weighted by molar-refractivity contribution is 7.19. The van der Waals surface area contributed by atoms with Crippen molar-refractivity contribution in [2.45, 2.75) is 32.4 Å². The first-order valence-corrected chi connectivity index (χ1v) is 12.3. The summed E-state index contributed by atoms with van der Waals surface area (Å²) in [5.41, 5.74) is 2.54. The number of aromatic nitrogens is 4. The molecule has 6 rings (SSSR count). The van der Waals surface area contributed by atoms with E-state index in [1.54, 1.807) is 23.0 Å². The maximum absolute atomic E-state index is 13.4. The third-order valence-electron chi connectivity index (χ3n) is 6.78. The lowest BCUT2D eigenvalue weighted by Crippen LogP contribution is -2.36. The van der Waals surface area contributed by atoms with E-state index in [4.69, 9.17) is 9.47 Å². The van der Waals surface area contributed by atoms with Crippen molar-refractivity contribution in [3.8, 4) is 5.75 Å². The van der Waals surface area contributed by atoms with E-state index < -0.39 is 0 Å². The van der Waals surface area contributed by atoms with Crippen LogP contribution in [0.3, 0.4) is 0 Å². The molecule has 5 heterocycles. The number of carbonyl (C=O) groups is 1. The summed E-state index contributed by atoms with van der Waals surface area (Å²) in [6, 6.07) is 7.72. The van der Waals surface area contributed by atoms with Gasteiger partial charge in [0, 0.05) is 18.0 Å². The molecule has 0 N–H and O–H groups in total. The Morgan fingerprint density at radius 1 is 1.29 bits per heavy atom. The van der Waals surface area contributed by atoms with Crippen LogP contribution in [-0.2, 0) is 29.0 Å². The minimum absolute atomic E-state index is 0.0487. The number of hydrogen-bond acceptors (Lipinski definition) is 7. The van der Waals surface area contributed by atoms with Gasteiger partial charge in [0.2, 0.25) is 5.91 Å². The predicted molar refractivity (Wildman–Crippen MR) is 127 cm³/mol. The number of thiophene rings is 1. The molecular weight excluding hydrogens is 454 g/mol. The number of rotatable bonds is 4. The van der Waals surface area contributed by atoms with Crippen molar-refractivity contribution < 1.29 is 14.3 Å². The second kappa shape index (κ2) is 8.52. The lowest BCUT2D eigenvalue weighted by Gasteiger charge is -2.23. The number of ether oxygens (including phenoxy) is 2. The molecule has 0 saturated carbocycles. The lowest BCUT2D eigenvalue weighted by molar-refractivity contribution is -0.136. The molecule has 1 amide bonds. The normalized spacial score (nSPS) is 18.4. The van der Waals surface area contributed by atoms with Gasteiger partial charge in [0.1, 0.15) is 16.9 Å². The minimum atomic E-state index is -0.219. The second-order valence-corrected chi connectivity index (χ2v) is 9.90. The standard InChI is InChI=1S/C24H25N5O4S/c1-32-17-6-4-15(5-7-17)11-28-23-20(21-25-14-26-29(21)24(28)31)18-3-2-9-27(12-19(18)34-23)22(30)16-8-10-33-13-16/h4-7,14,16H,2-3,8-13H2,1H3. The Hall–Kier alpha value is -3.24. The molecule has 10 heteroatoms. The largest absolute Gasteiger partial charge is 0.497 e. The number of amides is 1. The maximum atomic E-state index is 13.4. The molecule has 4 aromatic rings. The van der Waals surface area contributed by atoms with Crippen LogP contribution in [0.5, 0.6) is 5.75 Å². The molecular formula is C24H25N5O4S. The maximum Gasteiger partial charge on any atom is 0.352 e. The number of fused-ring (bicyclic) bond motifs is 5. The Labute approximate surface area is 199 Å². The zero-order chi connectivity index (χ0) is 23.2. The van der Waals surface area contributed by atoms with Crippen LogP contribution < -0.4 is 10.4 Å². The molecule has 2 aliphatic heterocycles. The van der Waals surface area contributed by atoms with Crippen molar-refractivity contribution in [1.29, 1.82) is 0 Å². The smallest absolute Gasteiger partial charge is 0.352 e. The number of benzene rings is 1. The molecule has 2 aliphatic rings. The Bertz CT molecular complexity index is 1430. The average molecular weight is 480 g/mol. The highest BCUT2D eigenvalue weighted by Crippen LogP contribution is 2.37. The molecule has 0 radical (unpaired) electrons. The van der Waals surface area contributed by atoms with Gasteiger partial charge in [0.05, 0.1) is 38.1 Å². The zero-order valence-corrected chi connectivity index (χ0v) is 19.7.